The number of rotatable bonds is 7. The van der Waals surface area contributed by atoms with Crippen molar-refractivity contribution in [3.8, 4) is 5.75 Å². The molecule has 3 rings (SSSR count). The van der Waals surface area contributed by atoms with E-state index < -0.39 is 21.9 Å². The lowest BCUT2D eigenvalue weighted by Gasteiger charge is -2.12. The third kappa shape index (κ3) is 6.30. The number of methoxy groups -OCH3 is 2. The minimum Gasteiger partial charge on any atom is -0.497 e. The van der Waals surface area contributed by atoms with Crippen molar-refractivity contribution in [2.75, 3.05) is 24.3 Å². The summed E-state index contributed by atoms with van der Waals surface area (Å²) in [5, 5.41) is 5.36. The number of hydrogen-bond donors (Lipinski definition) is 3. The molecule has 0 aliphatic carbocycles. The van der Waals surface area contributed by atoms with Crippen molar-refractivity contribution in [2.45, 2.75) is 4.90 Å². The summed E-state index contributed by atoms with van der Waals surface area (Å²) in [6.07, 6.45) is 0. The molecule has 3 aromatic carbocycles. The lowest BCUT2D eigenvalue weighted by atomic mass is 10.1. The van der Waals surface area contributed by atoms with Crippen LogP contribution in [0.1, 0.15) is 20.7 Å². The molecule has 0 aromatic heterocycles. The van der Waals surface area contributed by atoms with E-state index in [1.807, 2.05) is 0 Å². The number of sulfonamides is 1. The summed E-state index contributed by atoms with van der Waals surface area (Å²) < 4.78 is 37.4. The number of nitrogens with one attached hydrogen (secondary N) is 3. The molecule has 0 heterocycles. The number of hydrogen-bond acceptors (Lipinski definition) is 7. The Morgan fingerprint density at radius 2 is 1.35 bits per heavy atom. The average molecular weight is 500 g/mol. The maximum absolute atomic E-state index is 12.6. The summed E-state index contributed by atoms with van der Waals surface area (Å²) in [6.45, 7) is 0. The van der Waals surface area contributed by atoms with Crippen LogP contribution >= 0.6 is 12.2 Å². The smallest absolute Gasteiger partial charge is 0.337 e. The second kappa shape index (κ2) is 10.8. The molecule has 0 saturated carbocycles. The number of carbonyl (C=O) groups is 2. The summed E-state index contributed by atoms with van der Waals surface area (Å²) in [7, 11) is -1.01. The second-order valence-electron chi connectivity index (χ2n) is 6.84. The molecule has 0 spiro atoms. The summed E-state index contributed by atoms with van der Waals surface area (Å²) in [4.78, 5) is 23.9. The highest BCUT2D eigenvalue weighted by atomic mass is 32.2. The van der Waals surface area contributed by atoms with Crippen LogP contribution in [0, 0.1) is 0 Å². The van der Waals surface area contributed by atoms with Gasteiger partial charge in [-0.15, -0.1) is 0 Å². The molecule has 0 aliphatic rings. The Morgan fingerprint density at radius 3 is 1.91 bits per heavy atom. The predicted octanol–water partition coefficient (Wildman–Crippen LogP) is 3.41. The Bertz CT molecular complexity index is 1290. The molecule has 11 heteroatoms. The number of anilines is 2. The van der Waals surface area contributed by atoms with E-state index in [-0.39, 0.29) is 10.0 Å². The highest BCUT2D eigenvalue weighted by Crippen LogP contribution is 2.20. The number of thiocarbonyl (C=S) groups is 1. The minimum atomic E-state index is -3.80. The van der Waals surface area contributed by atoms with E-state index in [2.05, 4.69) is 20.1 Å². The lowest BCUT2D eigenvalue weighted by Crippen LogP contribution is -2.34. The van der Waals surface area contributed by atoms with Crippen LogP contribution in [0.25, 0.3) is 0 Å². The summed E-state index contributed by atoms with van der Waals surface area (Å²) in [5.41, 5.74) is 1.49. The molecule has 34 heavy (non-hydrogen) atoms. The summed E-state index contributed by atoms with van der Waals surface area (Å²) >= 11 is 5.15. The van der Waals surface area contributed by atoms with Crippen LogP contribution in [-0.2, 0) is 14.8 Å². The van der Waals surface area contributed by atoms with Crippen molar-refractivity contribution < 1.29 is 27.5 Å². The van der Waals surface area contributed by atoms with Gasteiger partial charge in [0.05, 0.1) is 24.7 Å². The molecule has 3 N–H and O–H groups in total. The largest absolute Gasteiger partial charge is 0.497 e. The summed E-state index contributed by atoms with van der Waals surface area (Å²) in [5.74, 6) is -0.370. The van der Waals surface area contributed by atoms with Gasteiger partial charge < -0.3 is 14.8 Å². The average Bonchev–Trinajstić information content (AvgIpc) is 2.84. The Labute approximate surface area is 202 Å². The van der Waals surface area contributed by atoms with E-state index >= 15 is 0 Å². The molecule has 0 aliphatic heterocycles. The maximum atomic E-state index is 12.6. The first-order chi connectivity index (χ1) is 16.2. The highest BCUT2D eigenvalue weighted by Gasteiger charge is 2.15. The molecule has 3 aromatic rings. The molecular formula is C23H21N3O6S2. The minimum absolute atomic E-state index is 0.0222. The van der Waals surface area contributed by atoms with Crippen LogP contribution in [0.5, 0.6) is 5.75 Å². The fourth-order valence-corrected chi connectivity index (χ4v) is 4.07. The van der Waals surface area contributed by atoms with Gasteiger partial charge in [0, 0.05) is 16.9 Å². The van der Waals surface area contributed by atoms with Crippen LogP contribution in [0.3, 0.4) is 0 Å². The van der Waals surface area contributed by atoms with Gasteiger partial charge in [-0.25, -0.2) is 13.2 Å². The molecule has 176 valence electrons. The number of carbonyl (C=O) groups excluding carboxylic acids is 2. The van der Waals surface area contributed by atoms with E-state index in [0.29, 0.717) is 28.3 Å². The van der Waals surface area contributed by atoms with Crippen molar-refractivity contribution >= 4 is 50.6 Å². The van der Waals surface area contributed by atoms with Crippen molar-refractivity contribution in [3.63, 3.8) is 0 Å². The Kier molecular flexibility index (Phi) is 7.82. The van der Waals surface area contributed by atoms with E-state index in [0.717, 1.165) is 0 Å². The molecule has 9 nitrogen and oxygen atoms in total. The Balaban J connectivity index is 1.59. The second-order valence-corrected chi connectivity index (χ2v) is 8.93. The lowest BCUT2D eigenvalue weighted by molar-refractivity contribution is 0.0600. The standard InChI is InChI=1S/C23H21N3O6S2/c1-31-19-11-7-18(8-12-19)26-34(29,30)20-13-9-17(10-14-20)24-23(33)25-21(27)15-3-5-16(6-4-15)22(28)32-2/h3-14,26H,1-2H3,(H2,24,25,27,33). The van der Waals surface area contributed by atoms with Gasteiger partial charge in [0.1, 0.15) is 5.75 Å². The maximum Gasteiger partial charge on any atom is 0.337 e. The first-order valence-electron chi connectivity index (χ1n) is 9.79. The van der Waals surface area contributed by atoms with Crippen LogP contribution in [-0.4, -0.2) is 39.6 Å². The third-order valence-corrected chi connectivity index (χ3v) is 6.16. The van der Waals surface area contributed by atoms with Crippen molar-refractivity contribution in [1.29, 1.82) is 0 Å². The zero-order chi connectivity index (χ0) is 24.7. The number of ether oxygens (including phenoxy) is 2. The first kappa shape index (κ1) is 24.7. The molecule has 0 saturated heterocycles. The van der Waals surface area contributed by atoms with Crippen molar-refractivity contribution in [2.24, 2.45) is 0 Å². The molecule has 0 unspecified atom stereocenters. The fourth-order valence-electron chi connectivity index (χ4n) is 2.80. The first-order valence-corrected chi connectivity index (χ1v) is 11.7. The van der Waals surface area contributed by atoms with E-state index in [4.69, 9.17) is 17.0 Å². The topological polar surface area (TPSA) is 123 Å². The van der Waals surface area contributed by atoms with Crippen molar-refractivity contribution in [1.82, 2.24) is 5.32 Å². The predicted molar refractivity (Wildman–Crippen MR) is 132 cm³/mol. The summed E-state index contributed by atoms with van der Waals surface area (Å²) in [6, 6.07) is 18.2. The zero-order valence-electron chi connectivity index (χ0n) is 18.2. The van der Waals surface area contributed by atoms with Gasteiger partial charge >= 0.3 is 5.97 Å². The normalized spacial score (nSPS) is 10.6. The third-order valence-electron chi connectivity index (χ3n) is 4.56. The van der Waals surface area contributed by atoms with Crippen LogP contribution < -0.4 is 20.1 Å². The van der Waals surface area contributed by atoms with E-state index in [1.54, 1.807) is 24.3 Å². The van der Waals surface area contributed by atoms with Crippen LogP contribution in [0.4, 0.5) is 11.4 Å². The molecule has 0 bridgehead atoms. The van der Waals surface area contributed by atoms with Gasteiger partial charge in [0.15, 0.2) is 5.11 Å². The quantitative estimate of drug-likeness (QED) is 0.334. The van der Waals surface area contributed by atoms with Gasteiger partial charge in [0.2, 0.25) is 0 Å². The van der Waals surface area contributed by atoms with Gasteiger partial charge in [-0.2, -0.15) is 0 Å². The van der Waals surface area contributed by atoms with Gasteiger partial charge in [-0.1, -0.05) is 0 Å². The van der Waals surface area contributed by atoms with E-state index in [9.17, 15) is 18.0 Å². The molecule has 1 amide bonds. The van der Waals surface area contributed by atoms with Gasteiger partial charge in [0.25, 0.3) is 15.9 Å². The van der Waals surface area contributed by atoms with Crippen molar-refractivity contribution in [3.05, 3.63) is 83.9 Å². The van der Waals surface area contributed by atoms with Gasteiger partial charge in [-0.3, -0.25) is 14.8 Å². The Morgan fingerprint density at radius 1 is 0.794 bits per heavy atom. The highest BCUT2D eigenvalue weighted by molar-refractivity contribution is 7.92. The van der Waals surface area contributed by atoms with Crippen LogP contribution in [0.15, 0.2) is 77.7 Å². The van der Waals surface area contributed by atoms with E-state index in [1.165, 1.54) is 62.8 Å². The zero-order valence-corrected chi connectivity index (χ0v) is 19.8. The monoisotopic (exact) mass is 499 g/mol. The number of benzene rings is 3. The SMILES string of the molecule is COC(=O)c1ccc(C(=O)NC(=S)Nc2ccc(S(=O)(=O)Nc3ccc(OC)cc3)cc2)cc1. The van der Waals surface area contributed by atoms with Crippen LogP contribution in [0.2, 0.25) is 0 Å². The number of amides is 1. The molecule has 0 atom stereocenters. The Hall–Kier alpha value is -3.96. The molecule has 0 radical (unpaired) electrons. The molecule has 0 fully saturated rings. The molecular weight excluding hydrogens is 478 g/mol. The number of esters is 1. The fraction of sp³-hybridized carbons (Fsp3) is 0.0870. The van der Waals surface area contributed by atoms with Gasteiger partial charge in [-0.05, 0) is 85.0 Å².